The summed E-state index contributed by atoms with van der Waals surface area (Å²) in [6.45, 7) is 0. The zero-order valence-corrected chi connectivity index (χ0v) is 13.2. The minimum absolute atomic E-state index is 0.430. The lowest BCUT2D eigenvalue weighted by molar-refractivity contribution is 0.0127. The van der Waals surface area contributed by atoms with Gasteiger partial charge in [0.25, 0.3) is 0 Å². The second kappa shape index (κ2) is 7.43. The largest absolute Gasteiger partial charge is 0.906 e. The van der Waals surface area contributed by atoms with Crippen LogP contribution in [-0.2, 0) is 11.4 Å². The number of hydrogen-bond acceptors (Lipinski definition) is 3. The van der Waals surface area contributed by atoms with Crippen molar-refractivity contribution in [3.63, 3.8) is 0 Å². The Morgan fingerprint density at radius 2 is 0.737 bits per heavy atom. The minimum atomic E-state index is -1.89. The highest BCUT2D eigenvalue weighted by Crippen LogP contribution is 2.28. The summed E-state index contributed by atoms with van der Waals surface area (Å²) in [6, 6.07) is 0. The second-order valence-corrected chi connectivity index (χ2v) is 7.81. The number of hydrogen-bond donors (Lipinski definition) is 0. The lowest BCUT2D eigenvalue weighted by atomic mass is 10.3. The first-order chi connectivity index (χ1) is 9.40. The predicted octanol–water partition coefficient (Wildman–Crippen LogP) is 3.85. The van der Waals surface area contributed by atoms with Crippen LogP contribution in [0.25, 0.3) is 0 Å². The summed E-state index contributed by atoms with van der Waals surface area (Å²) in [6.07, 6.45) is 16.5. The molecule has 0 heterocycles. The van der Waals surface area contributed by atoms with E-state index in [0.29, 0.717) is 18.3 Å². The number of rotatable bonds is 6. The van der Waals surface area contributed by atoms with Crippen LogP contribution in [0.3, 0.4) is 0 Å². The van der Waals surface area contributed by atoms with Gasteiger partial charge in [-0.25, -0.2) is 0 Å². The topological polar surface area (TPSA) is 27.7 Å². The quantitative estimate of drug-likeness (QED) is 0.693. The van der Waals surface area contributed by atoms with E-state index in [0.717, 1.165) is 0 Å². The van der Waals surface area contributed by atoms with Gasteiger partial charge >= 0.3 is 15.1 Å². The summed E-state index contributed by atoms with van der Waals surface area (Å²) in [5.41, 5.74) is 0. The van der Waals surface area contributed by atoms with Gasteiger partial charge in [0.2, 0.25) is 0 Å². The highest BCUT2D eigenvalue weighted by Gasteiger charge is 2.40. The van der Waals surface area contributed by atoms with Gasteiger partial charge in [-0.15, -0.1) is 0 Å². The molecule has 0 aromatic rings. The molecule has 0 radical (unpaired) electrons. The maximum absolute atomic E-state index is 6.23. The highest BCUT2D eigenvalue weighted by molar-refractivity contribution is 6.36. The van der Waals surface area contributed by atoms with Crippen molar-refractivity contribution in [3.8, 4) is 0 Å². The SMILES string of the molecule is C1CCC([O][Al]([O]C2CCCC2)[O]C2CCCC2)C1. The summed E-state index contributed by atoms with van der Waals surface area (Å²) in [5, 5.41) is 0. The van der Waals surface area contributed by atoms with E-state index in [2.05, 4.69) is 0 Å². The van der Waals surface area contributed by atoms with E-state index in [1.165, 1.54) is 77.0 Å². The molecule has 0 aromatic heterocycles. The van der Waals surface area contributed by atoms with Gasteiger partial charge in [0.1, 0.15) is 0 Å². The monoisotopic (exact) mass is 282 g/mol. The van der Waals surface area contributed by atoms with Crippen LogP contribution in [0.1, 0.15) is 77.0 Å². The molecule has 0 spiro atoms. The Labute approximate surface area is 122 Å². The Hall–Kier alpha value is 0.412. The molecular weight excluding hydrogens is 255 g/mol. The third-order valence-electron chi connectivity index (χ3n) is 4.82. The smallest absolute Gasteiger partial charge is 0.452 e. The van der Waals surface area contributed by atoms with Crippen LogP contribution in [0.4, 0.5) is 0 Å². The van der Waals surface area contributed by atoms with E-state index in [1.807, 2.05) is 0 Å². The molecule has 19 heavy (non-hydrogen) atoms. The summed E-state index contributed by atoms with van der Waals surface area (Å²) >= 11 is -1.89. The zero-order chi connectivity index (χ0) is 12.9. The van der Waals surface area contributed by atoms with Crippen molar-refractivity contribution < 1.29 is 11.4 Å². The predicted molar refractivity (Wildman–Crippen MR) is 75.8 cm³/mol. The molecule has 108 valence electrons. The Balaban J connectivity index is 1.49. The van der Waals surface area contributed by atoms with Crippen molar-refractivity contribution in [1.82, 2.24) is 0 Å². The van der Waals surface area contributed by atoms with E-state index in [1.54, 1.807) is 0 Å². The first kappa shape index (κ1) is 14.4. The van der Waals surface area contributed by atoms with Gasteiger partial charge in [-0.05, 0) is 38.5 Å². The van der Waals surface area contributed by atoms with Gasteiger partial charge in [-0.1, -0.05) is 38.5 Å². The van der Waals surface area contributed by atoms with E-state index in [-0.39, 0.29) is 0 Å². The van der Waals surface area contributed by atoms with Crippen LogP contribution >= 0.6 is 0 Å². The van der Waals surface area contributed by atoms with Crippen molar-refractivity contribution in [2.24, 2.45) is 0 Å². The van der Waals surface area contributed by atoms with E-state index >= 15 is 0 Å². The molecule has 0 unspecified atom stereocenters. The van der Waals surface area contributed by atoms with Gasteiger partial charge in [0.15, 0.2) is 0 Å². The van der Waals surface area contributed by atoms with Crippen LogP contribution in [0.15, 0.2) is 0 Å². The average molecular weight is 282 g/mol. The maximum atomic E-state index is 6.23. The zero-order valence-electron chi connectivity index (χ0n) is 12.0. The van der Waals surface area contributed by atoms with E-state index in [4.69, 9.17) is 11.4 Å². The van der Waals surface area contributed by atoms with Gasteiger partial charge in [-0.2, -0.15) is 0 Å². The molecule has 0 bridgehead atoms. The third-order valence-corrected chi connectivity index (χ3v) is 6.64. The van der Waals surface area contributed by atoms with Gasteiger partial charge in [0, 0.05) is 18.3 Å². The molecule has 0 N–H and O–H groups in total. The molecular formula is C15H27AlO3. The first-order valence-electron chi connectivity index (χ1n) is 8.36. The molecule has 3 aliphatic carbocycles. The summed E-state index contributed by atoms with van der Waals surface area (Å²) in [4.78, 5) is 0. The molecule has 0 aromatic carbocycles. The van der Waals surface area contributed by atoms with Crippen molar-refractivity contribution in [2.75, 3.05) is 0 Å². The standard InChI is InChI=1S/3C5H9O.Al/c3*6-5-3-1-2-4-5;/h3*5H,1-4H2;/q3*-1;+3. The lowest BCUT2D eigenvalue weighted by Crippen LogP contribution is -2.37. The summed E-state index contributed by atoms with van der Waals surface area (Å²) in [7, 11) is 0. The highest BCUT2D eigenvalue weighted by atomic mass is 27.3. The normalized spacial score (nSPS) is 26.5. The van der Waals surface area contributed by atoms with Crippen LogP contribution in [0.2, 0.25) is 0 Å². The second-order valence-electron chi connectivity index (χ2n) is 6.42. The molecule has 0 aliphatic heterocycles. The molecule has 4 heteroatoms. The van der Waals surface area contributed by atoms with Crippen LogP contribution < -0.4 is 0 Å². The first-order valence-corrected chi connectivity index (χ1v) is 9.78. The Morgan fingerprint density at radius 3 is 1.00 bits per heavy atom. The Kier molecular flexibility index (Phi) is 5.61. The fraction of sp³-hybridized carbons (Fsp3) is 1.00. The molecule has 3 saturated carbocycles. The Bertz CT molecular complexity index is 213. The van der Waals surface area contributed by atoms with E-state index < -0.39 is 15.1 Å². The van der Waals surface area contributed by atoms with Gasteiger partial charge in [-0.3, -0.25) is 0 Å². The average Bonchev–Trinajstić information content (AvgIpc) is 3.10. The van der Waals surface area contributed by atoms with Crippen LogP contribution in [0, 0.1) is 0 Å². The van der Waals surface area contributed by atoms with Crippen LogP contribution in [-0.4, -0.2) is 33.5 Å². The van der Waals surface area contributed by atoms with Crippen molar-refractivity contribution in [3.05, 3.63) is 0 Å². The lowest BCUT2D eigenvalue weighted by Gasteiger charge is -2.23. The molecule has 0 atom stereocenters. The molecule has 0 amide bonds. The van der Waals surface area contributed by atoms with Crippen molar-refractivity contribution in [2.45, 2.75) is 95.4 Å². The minimum Gasteiger partial charge on any atom is -0.452 e. The molecule has 3 rings (SSSR count). The molecule has 3 fully saturated rings. The molecule has 3 nitrogen and oxygen atoms in total. The Morgan fingerprint density at radius 1 is 0.474 bits per heavy atom. The fourth-order valence-corrected chi connectivity index (χ4v) is 5.59. The summed E-state index contributed by atoms with van der Waals surface area (Å²) in [5.74, 6) is 0. The van der Waals surface area contributed by atoms with Crippen molar-refractivity contribution in [1.29, 1.82) is 0 Å². The third kappa shape index (κ3) is 4.44. The van der Waals surface area contributed by atoms with E-state index in [9.17, 15) is 0 Å². The van der Waals surface area contributed by atoms with Crippen LogP contribution in [0.5, 0.6) is 0 Å². The van der Waals surface area contributed by atoms with Gasteiger partial charge < -0.3 is 11.4 Å². The molecule has 0 saturated heterocycles. The fourth-order valence-electron chi connectivity index (χ4n) is 3.64. The maximum Gasteiger partial charge on any atom is 0.906 e. The molecule has 3 aliphatic rings. The van der Waals surface area contributed by atoms with Crippen molar-refractivity contribution >= 4 is 15.1 Å². The van der Waals surface area contributed by atoms with Gasteiger partial charge in [0.05, 0.1) is 0 Å². The summed E-state index contributed by atoms with van der Waals surface area (Å²) < 4.78 is 18.7.